The molecule has 122 valence electrons. The van der Waals surface area contributed by atoms with Gasteiger partial charge in [-0.2, -0.15) is 0 Å². The Morgan fingerprint density at radius 1 is 1.29 bits per heavy atom. The second kappa shape index (κ2) is 8.19. The smallest absolute Gasteiger partial charge is 0.408 e. The Morgan fingerprint density at radius 3 is 2.71 bits per heavy atom. The van der Waals surface area contributed by atoms with Crippen molar-refractivity contribution in [1.82, 2.24) is 10.3 Å². The van der Waals surface area contributed by atoms with Crippen LogP contribution in [-0.2, 0) is 11.3 Å². The lowest BCUT2D eigenvalue weighted by molar-refractivity contribution is 0.0691. The number of nitrogens with zero attached hydrogens (tertiary/aromatic N) is 1. The van der Waals surface area contributed by atoms with Gasteiger partial charge in [-0.1, -0.05) is 42.2 Å². The molecule has 0 aliphatic rings. The van der Waals surface area contributed by atoms with Crippen molar-refractivity contribution in [3.05, 3.63) is 59.4 Å². The number of nitrogens with one attached hydrogen (secondary N) is 1. The molecule has 4 N–H and O–H groups in total. The Bertz CT molecular complexity index is 794. The van der Waals surface area contributed by atoms with E-state index in [-0.39, 0.29) is 24.5 Å². The molecular weight excluding hydrogens is 310 g/mol. The normalized spacial score (nSPS) is 9.50. The van der Waals surface area contributed by atoms with Crippen molar-refractivity contribution < 1.29 is 19.4 Å². The molecule has 0 atom stereocenters. The highest BCUT2D eigenvalue weighted by atomic mass is 16.5. The van der Waals surface area contributed by atoms with E-state index in [0.29, 0.717) is 5.56 Å². The molecule has 0 unspecified atom stereocenters. The fraction of sp³-hybridized carbons (Fsp3) is 0.118. The lowest BCUT2D eigenvalue weighted by Crippen LogP contribution is -2.24. The summed E-state index contributed by atoms with van der Waals surface area (Å²) in [7, 11) is 0. The number of carboxylic acid groups (broad SMARTS) is 1. The summed E-state index contributed by atoms with van der Waals surface area (Å²) >= 11 is 0. The van der Waals surface area contributed by atoms with E-state index in [0.717, 1.165) is 5.56 Å². The summed E-state index contributed by atoms with van der Waals surface area (Å²) < 4.78 is 5.03. The van der Waals surface area contributed by atoms with E-state index < -0.39 is 12.1 Å². The molecule has 24 heavy (non-hydrogen) atoms. The van der Waals surface area contributed by atoms with Gasteiger partial charge in [0.1, 0.15) is 6.61 Å². The van der Waals surface area contributed by atoms with Crippen LogP contribution in [-0.4, -0.2) is 28.7 Å². The molecule has 0 aliphatic heterocycles. The second-order valence-electron chi connectivity index (χ2n) is 4.68. The largest absolute Gasteiger partial charge is 0.476 e. The minimum absolute atomic E-state index is 0.0320. The number of aromatic carboxylic acids is 1. The van der Waals surface area contributed by atoms with Crippen molar-refractivity contribution >= 4 is 17.7 Å². The zero-order valence-corrected chi connectivity index (χ0v) is 12.7. The van der Waals surface area contributed by atoms with Gasteiger partial charge in [0.2, 0.25) is 0 Å². The number of hydrogen-bond acceptors (Lipinski definition) is 5. The van der Waals surface area contributed by atoms with Crippen LogP contribution in [0.15, 0.2) is 42.6 Å². The van der Waals surface area contributed by atoms with E-state index in [4.69, 9.17) is 15.6 Å². The molecule has 0 radical (unpaired) electrons. The van der Waals surface area contributed by atoms with Crippen LogP contribution < -0.4 is 11.1 Å². The van der Waals surface area contributed by atoms with E-state index in [1.54, 1.807) is 0 Å². The molecule has 0 saturated carbocycles. The van der Waals surface area contributed by atoms with Crippen LogP contribution in [0.4, 0.5) is 10.5 Å². The van der Waals surface area contributed by atoms with Crippen LogP contribution in [0.3, 0.4) is 0 Å². The van der Waals surface area contributed by atoms with Gasteiger partial charge in [0.15, 0.2) is 5.69 Å². The SMILES string of the molecule is Nc1cc(C#CCNC(=O)OCc2ccccc2)cnc1C(=O)O. The predicted molar refractivity (Wildman–Crippen MR) is 87.1 cm³/mol. The molecule has 0 bridgehead atoms. The standard InChI is InChI=1S/C17H15N3O4/c18-14-9-13(10-20-15(14)16(21)22)7-4-8-19-17(23)24-11-12-5-2-1-3-6-12/h1-3,5-6,9-10H,8,11,18H2,(H,19,23)(H,21,22). The Labute approximate surface area is 138 Å². The Hall–Kier alpha value is -3.53. The highest BCUT2D eigenvalue weighted by Crippen LogP contribution is 2.10. The van der Waals surface area contributed by atoms with Gasteiger partial charge in [0.25, 0.3) is 0 Å². The number of ether oxygens (including phenoxy) is 1. The summed E-state index contributed by atoms with van der Waals surface area (Å²) in [6.07, 6.45) is 0.729. The third-order valence-corrected chi connectivity index (χ3v) is 2.89. The van der Waals surface area contributed by atoms with Crippen molar-refractivity contribution in [2.45, 2.75) is 6.61 Å². The minimum atomic E-state index is -1.20. The van der Waals surface area contributed by atoms with Gasteiger partial charge in [-0.25, -0.2) is 14.6 Å². The number of carbonyl (C=O) groups excluding carboxylic acids is 1. The van der Waals surface area contributed by atoms with Gasteiger partial charge in [-0.15, -0.1) is 0 Å². The van der Waals surface area contributed by atoms with Gasteiger partial charge in [0.05, 0.1) is 12.2 Å². The highest BCUT2D eigenvalue weighted by molar-refractivity contribution is 5.91. The van der Waals surface area contributed by atoms with Crippen LogP contribution in [0.2, 0.25) is 0 Å². The summed E-state index contributed by atoms with van der Waals surface area (Å²) in [4.78, 5) is 26.0. The first-order chi connectivity index (χ1) is 11.6. The molecule has 1 heterocycles. The van der Waals surface area contributed by atoms with E-state index in [2.05, 4.69) is 22.1 Å². The monoisotopic (exact) mass is 325 g/mol. The Morgan fingerprint density at radius 2 is 2.04 bits per heavy atom. The highest BCUT2D eigenvalue weighted by Gasteiger charge is 2.09. The lowest BCUT2D eigenvalue weighted by atomic mass is 10.2. The van der Waals surface area contributed by atoms with Gasteiger partial charge >= 0.3 is 12.1 Å². The number of benzene rings is 1. The number of hydrogen-bond donors (Lipinski definition) is 3. The van der Waals surface area contributed by atoms with E-state index in [9.17, 15) is 9.59 Å². The number of pyridine rings is 1. The number of alkyl carbamates (subject to hydrolysis) is 1. The van der Waals surface area contributed by atoms with Crippen LogP contribution in [0.25, 0.3) is 0 Å². The molecule has 2 rings (SSSR count). The first-order valence-corrected chi connectivity index (χ1v) is 6.98. The van der Waals surface area contributed by atoms with E-state index in [1.807, 2.05) is 30.3 Å². The fourth-order valence-electron chi connectivity index (χ4n) is 1.77. The van der Waals surface area contributed by atoms with E-state index in [1.165, 1.54) is 12.3 Å². The number of rotatable bonds is 4. The quantitative estimate of drug-likeness (QED) is 0.736. The molecule has 0 spiro atoms. The maximum absolute atomic E-state index is 11.5. The van der Waals surface area contributed by atoms with Crippen molar-refractivity contribution in [3.63, 3.8) is 0 Å². The van der Waals surface area contributed by atoms with Gasteiger partial charge in [0, 0.05) is 11.8 Å². The number of nitrogens with two attached hydrogens (primary N) is 1. The van der Waals surface area contributed by atoms with Crippen LogP contribution >= 0.6 is 0 Å². The summed E-state index contributed by atoms with van der Waals surface area (Å²) in [5.74, 6) is 4.23. The zero-order valence-electron chi connectivity index (χ0n) is 12.7. The predicted octanol–water partition coefficient (Wildman–Crippen LogP) is 1.64. The summed E-state index contributed by atoms with van der Waals surface area (Å²) in [5.41, 5.74) is 6.72. The average molecular weight is 325 g/mol. The first-order valence-electron chi connectivity index (χ1n) is 6.98. The lowest BCUT2D eigenvalue weighted by Gasteiger charge is -2.04. The molecule has 0 saturated heterocycles. The van der Waals surface area contributed by atoms with Crippen LogP contribution in [0.1, 0.15) is 21.6 Å². The van der Waals surface area contributed by atoms with Crippen molar-refractivity contribution in [2.75, 3.05) is 12.3 Å². The molecule has 0 aliphatic carbocycles. The summed E-state index contributed by atoms with van der Waals surface area (Å²) in [6, 6.07) is 10.7. The topological polar surface area (TPSA) is 115 Å². The molecule has 2 aromatic rings. The number of carboxylic acids is 1. The molecule has 1 aromatic heterocycles. The first kappa shape index (κ1) is 16.8. The van der Waals surface area contributed by atoms with Crippen LogP contribution in [0.5, 0.6) is 0 Å². The maximum Gasteiger partial charge on any atom is 0.408 e. The van der Waals surface area contributed by atoms with E-state index >= 15 is 0 Å². The van der Waals surface area contributed by atoms with Gasteiger partial charge < -0.3 is 20.9 Å². The molecule has 1 amide bonds. The fourth-order valence-corrected chi connectivity index (χ4v) is 1.77. The Kier molecular flexibility index (Phi) is 5.75. The Balaban J connectivity index is 1.80. The number of carbonyl (C=O) groups is 2. The number of aromatic nitrogens is 1. The molecule has 7 nitrogen and oxygen atoms in total. The zero-order chi connectivity index (χ0) is 17.4. The number of nitrogen functional groups attached to an aromatic ring is 1. The van der Waals surface area contributed by atoms with Crippen molar-refractivity contribution in [3.8, 4) is 11.8 Å². The van der Waals surface area contributed by atoms with Gasteiger partial charge in [-0.3, -0.25) is 0 Å². The van der Waals surface area contributed by atoms with Gasteiger partial charge in [-0.05, 0) is 11.6 Å². The van der Waals surface area contributed by atoms with Crippen molar-refractivity contribution in [1.29, 1.82) is 0 Å². The van der Waals surface area contributed by atoms with Crippen LogP contribution in [0, 0.1) is 11.8 Å². The molecule has 1 aromatic carbocycles. The summed E-state index contributed by atoms with van der Waals surface area (Å²) in [6.45, 7) is 0.255. The molecular formula is C17H15N3O4. The number of anilines is 1. The molecule has 0 fully saturated rings. The number of amides is 1. The van der Waals surface area contributed by atoms with Crippen molar-refractivity contribution in [2.24, 2.45) is 0 Å². The second-order valence-corrected chi connectivity index (χ2v) is 4.68. The third kappa shape index (κ3) is 5.03. The third-order valence-electron chi connectivity index (χ3n) is 2.89. The maximum atomic E-state index is 11.5. The summed E-state index contributed by atoms with van der Waals surface area (Å²) in [5, 5.41) is 11.3. The average Bonchev–Trinajstić information content (AvgIpc) is 2.57. The molecule has 7 heteroatoms. The minimum Gasteiger partial charge on any atom is -0.476 e.